The van der Waals surface area contributed by atoms with E-state index in [4.69, 9.17) is 5.73 Å². The molecule has 1 saturated heterocycles. The summed E-state index contributed by atoms with van der Waals surface area (Å²) in [6.45, 7) is 4.28. The molecule has 1 aliphatic carbocycles. The van der Waals surface area contributed by atoms with Crippen molar-refractivity contribution < 1.29 is 0 Å². The second-order valence-corrected chi connectivity index (χ2v) is 5.79. The predicted molar refractivity (Wildman–Crippen MR) is 72.6 cm³/mol. The van der Waals surface area contributed by atoms with Gasteiger partial charge in [0.15, 0.2) is 5.65 Å². The Balaban J connectivity index is 1.78. The molecule has 2 fully saturated rings. The van der Waals surface area contributed by atoms with E-state index in [9.17, 15) is 0 Å². The number of nitrogens with one attached hydrogen (secondary N) is 1. The van der Waals surface area contributed by atoms with Gasteiger partial charge in [0.25, 0.3) is 0 Å². The molecule has 1 saturated carbocycles. The number of aryl methyl sites for hydroxylation is 1. The summed E-state index contributed by atoms with van der Waals surface area (Å²) in [5.74, 6) is 2.13. The number of rotatable bonds is 1. The molecule has 6 nitrogen and oxygen atoms in total. The summed E-state index contributed by atoms with van der Waals surface area (Å²) < 4.78 is 2.08. The fourth-order valence-corrected chi connectivity index (χ4v) is 3.76. The number of nitrogen functional groups attached to an aromatic ring is 1. The summed E-state index contributed by atoms with van der Waals surface area (Å²) in [5, 5.41) is 9.06. The third-order valence-electron chi connectivity index (χ3n) is 4.67. The van der Waals surface area contributed by atoms with Crippen LogP contribution in [0.3, 0.4) is 0 Å². The van der Waals surface area contributed by atoms with Crippen molar-refractivity contribution in [3.8, 4) is 0 Å². The highest BCUT2D eigenvalue weighted by atomic mass is 15.3. The highest BCUT2D eigenvalue weighted by Crippen LogP contribution is 2.42. The monoisotopic (exact) mass is 258 g/mol. The highest BCUT2D eigenvalue weighted by Gasteiger charge is 2.39. The predicted octanol–water partition coefficient (Wildman–Crippen LogP) is 0.887. The van der Waals surface area contributed by atoms with Crippen molar-refractivity contribution in [2.24, 2.45) is 11.8 Å². The van der Waals surface area contributed by atoms with E-state index in [1.165, 1.54) is 19.2 Å². The molecule has 2 aromatic heterocycles. The van der Waals surface area contributed by atoms with Crippen LogP contribution < -0.4 is 11.1 Å². The Kier molecular flexibility index (Phi) is 2.29. The summed E-state index contributed by atoms with van der Waals surface area (Å²) in [6.07, 6.45) is 3.92. The highest BCUT2D eigenvalue weighted by molar-refractivity contribution is 5.87. The van der Waals surface area contributed by atoms with Gasteiger partial charge in [-0.25, -0.2) is 14.6 Å². The fourth-order valence-electron chi connectivity index (χ4n) is 3.76. The average Bonchev–Trinajstić information content (AvgIpc) is 3.02. The van der Waals surface area contributed by atoms with Crippen LogP contribution in [-0.2, 0) is 0 Å². The van der Waals surface area contributed by atoms with Gasteiger partial charge in [-0.1, -0.05) is 0 Å². The van der Waals surface area contributed by atoms with Gasteiger partial charge in [0.05, 0.1) is 17.1 Å². The van der Waals surface area contributed by atoms with Crippen LogP contribution in [0.15, 0.2) is 6.33 Å². The number of fused-ring (bicyclic) bond motifs is 2. The van der Waals surface area contributed by atoms with Crippen LogP contribution in [0.5, 0.6) is 0 Å². The van der Waals surface area contributed by atoms with Crippen LogP contribution in [0, 0.1) is 18.8 Å². The summed E-state index contributed by atoms with van der Waals surface area (Å²) in [5.41, 5.74) is 7.77. The van der Waals surface area contributed by atoms with Crippen LogP contribution in [0.4, 0.5) is 5.82 Å². The van der Waals surface area contributed by atoms with Crippen molar-refractivity contribution in [1.82, 2.24) is 25.1 Å². The molecule has 2 atom stereocenters. The van der Waals surface area contributed by atoms with Crippen LogP contribution in [0.25, 0.3) is 11.0 Å². The van der Waals surface area contributed by atoms with Crippen molar-refractivity contribution >= 4 is 16.9 Å². The zero-order valence-electron chi connectivity index (χ0n) is 11.0. The van der Waals surface area contributed by atoms with Gasteiger partial charge in [-0.3, -0.25) is 0 Å². The van der Waals surface area contributed by atoms with Crippen molar-refractivity contribution in [2.75, 3.05) is 18.8 Å². The first-order chi connectivity index (χ1) is 9.24. The maximum absolute atomic E-state index is 5.95. The molecule has 4 rings (SSSR count). The average molecular weight is 258 g/mol. The minimum atomic E-state index is 0.461. The fraction of sp³-hybridized carbons (Fsp3) is 0.615. The third kappa shape index (κ3) is 1.56. The Labute approximate surface area is 111 Å². The minimum Gasteiger partial charge on any atom is -0.383 e. The lowest BCUT2D eigenvalue weighted by atomic mass is 10.0. The molecule has 0 spiro atoms. The molecule has 0 amide bonds. The first kappa shape index (κ1) is 11.2. The van der Waals surface area contributed by atoms with Crippen LogP contribution >= 0.6 is 0 Å². The number of nitrogens with two attached hydrogens (primary N) is 1. The third-order valence-corrected chi connectivity index (χ3v) is 4.67. The second-order valence-electron chi connectivity index (χ2n) is 5.79. The lowest BCUT2D eigenvalue weighted by Crippen LogP contribution is -2.15. The molecule has 2 aromatic rings. The van der Waals surface area contributed by atoms with Crippen molar-refractivity contribution in [3.63, 3.8) is 0 Å². The molecule has 0 radical (unpaired) electrons. The van der Waals surface area contributed by atoms with Gasteiger partial charge in [-0.05, 0) is 44.7 Å². The lowest BCUT2D eigenvalue weighted by molar-refractivity contribution is 0.440. The zero-order valence-corrected chi connectivity index (χ0v) is 11.0. The Hall–Kier alpha value is -1.69. The summed E-state index contributed by atoms with van der Waals surface area (Å²) in [4.78, 5) is 8.46. The first-order valence-electron chi connectivity index (χ1n) is 6.90. The molecule has 3 heterocycles. The van der Waals surface area contributed by atoms with E-state index in [2.05, 4.69) is 25.1 Å². The molecule has 3 N–H and O–H groups in total. The molecule has 0 aromatic carbocycles. The minimum absolute atomic E-state index is 0.461. The standard InChI is InChI=1S/C13H18N6/c1-7-11-12(14)16-6-17-13(11)19(18-7)10-2-8-4-15-5-9(8)3-10/h6,8-10,15H,2-5H2,1H3,(H2,14,16,17). The summed E-state index contributed by atoms with van der Waals surface area (Å²) in [6, 6.07) is 0.461. The van der Waals surface area contributed by atoms with Gasteiger partial charge in [-0.2, -0.15) is 5.10 Å². The van der Waals surface area contributed by atoms with Crippen molar-refractivity contribution in [1.29, 1.82) is 0 Å². The van der Waals surface area contributed by atoms with E-state index >= 15 is 0 Å². The number of hydrogen-bond donors (Lipinski definition) is 2. The van der Waals surface area contributed by atoms with Gasteiger partial charge >= 0.3 is 0 Å². The van der Waals surface area contributed by atoms with E-state index in [-0.39, 0.29) is 0 Å². The molecule has 2 aliphatic rings. The van der Waals surface area contributed by atoms with E-state index in [1.807, 2.05) is 6.92 Å². The number of aromatic nitrogens is 4. The van der Waals surface area contributed by atoms with Gasteiger partial charge in [-0.15, -0.1) is 0 Å². The van der Waals surface area contributed by atoms with Crippen molar-refractivity contribution in [3.05, 3.63) is 12.0 Å². The maximum Gasteiger partial charge on any atom is 0.163 e. The molecule has 6 heteroatoms. The molecular weight excluding hydrogens is 240 g/mol. The zero-order chi connectivity index (χ0) is 13.0. The van der Waals surface area contributed by atoms with E-state index in [0.29, 0.717) is 11.9 Å². The van der Waals surface area contributed by atoms with E-state index in [0.717, 1.165) is 41.7 Å². The quantitative estimate of drug-likeness (QED) is 0.793. The Morgan fingerprint density at radius 1 is 1.26 bits per heavy atom. The molecular formula is C13H18N6. The topological polar surface area (TPSA) is 81.7 Å². The van der Waals surface area contributed by atoms with E-state index < -0.39 is 0 Å². The molecule has 0 bridgehead atoms. The Bertz CT molecular complexity index is 621. The molecule has 2 unspecified atom stereocenters. The number of hydrogen-bond acceptors (Lipinski definition) is 5. The van der Waals surface area contributed by atoms with Gasteiger partial charge < -0.3 is 11.1 Å². The smallest absolute Gasteiger partial charge is 0.163 e. The molecule has 1 aliphatic heterocycles. The molecule has 100 valence electrons. The van der Waals surface area contributed by atoms with Crippen LogP contribution in [0.1, 0.15) is 24.6 Å². The van der Waals surface area contributed by atoms with Gasteiger partial charge in [0.2, 0.25) is 0 Å². The summed E-state index contributed by atoms with van der Waals surface area (Å²) >= 11 is 0. The van der Waals surface area contributed by atoms with Gasteiger partial charge in [0.1, 0.15) is 12.1 Å². The first-order valence-corrected chi connectivity index (χ1v) is 6.90. The van der Waals surface area contributed by atoms with Gasteiger partial charge in [0, 0.05) is 0 Å². The van der Waals surface area contributed by atoms with E-state index in [1.54, 1.807) is 0 Å². The maximum atomic E-state index is 5.95. The van der Waals surface area contributed by atoms with Crippen LogP contribution in [-0.4, -0.2) is 32.8 Å². The Morgan fingerprint density at radius 2 is 2.00 bits per heavy atom. The van der Waals surface area contributed by atoms with Crippen molar-refractivity contribution in [2.45, 2.75) is 25.8 Å². The number of nitrogens with zero attached hydrogens (tertiary/aromatic N) is 4. The second kappa shape index (κ2) is 3.90. The SMILES string of the molecule is Cc1nn(C2CC3CNCC3C2)c2ncnc(N)c12. The lowest BCUT2D eigenvalue weighted by Gasteiger charge is -2.12. The summed E-state index contributed by atoms with van der Waals surface area (Å²) in [7, 11) is 0. The Morgan fingerprint density at radius 3 is 2.74 bits per heavy atom. The number of anilines is 1. The molecule has 19 heavy (non-hydrogen) atoms. The largest absolute Gasteiger partial charge is 0.383 e. The van der Waals surface area contributed by atoms with Crippen LogP contribution in [0.2, 0.25) is 0 Å². The normalized spacial score (nSPS) is 30.1.